The standard InChI is InChI=1S/C13H26N4/c1-12(2,3)7-8-14-9-11-10-17(16-15-11)13(4,5)6/h10,14H,7-9H2,1-6H3. The predicted molar refractivity (Wildman–Crippen MR) is 70.8 cm³/mol. The van der Waals surface area contributed by atoms with E-state index >= 15 is 0 Å². The van der Waals surface area contributed by atoms with Crippen LogP contribution in [0.15, 0.2) is 6.20 Å². The van der Waals surface area contributed by atoms with Gasteiger partial charge in [-0.1, -0.05) is 26.0 Å². The van der Waals surface area contributed by atoms with Crippen molar-refractivity contribution in [3.8, 4) is 0 Å². The number of nitrogens with zero attached hydrogens (tertiary/aromatic N) is 3. The van der Waals surface area contributed by atoms with Crippen molar-refractivity contribution in [2.24, 2.45) is 5.41 Å². The maximum Gasteiger partial charge on any atom is 0.0965 e. The molecule has 1 aromatic heterocycles. The van der Waals surface area contributed by atoms with Gasteiger partial charge < -0.3 is 5.32 Å². The average Bonchev–Trinajstić information content (AvgIpc) is 2.58. The molecule has 1 aromatic rings. The van der Waals surface area contributed by atoms with E-state index in [1.807, 2.05) is 10.9 Å². The number of aromatic nitrogens is 3. The third kappa shape index (κ3) is 5.31. The molecule has 4 nitrogen and oxygen atoms in total. The molecule has 0 fully saturated rings. The maximum atomic E-state index is 4.17. The highest BCUT2D eigenvalue weighted by Gasteiger charge is 2.15. The number of hydrogen-bond donors (Lipinski definition) is 1. The lowest BCUT2D eigenvalue weighted by Gasteiger charge is -2.18. The molecular weight excluding hydrogens is 212 g/mol. The number of hydrogen-bond acceptors (Lipinski definition) is 3. The molecule has 0 aromatic carbocycles. The van der Waals surface area contributed by atoms with E-state index in [0.717, 1.165) is 18.8 Å². The van der Waals surface area contributed by atoms with Gasteiger partial charge in [-0.15, -0.1) is 5.10 Å². The zero-order valence-electron chi connectivity index (χ0n) is 12.0. The van der Waals surface area contributed by atoms with Crippen LogP contribution >= 0.6 is 0 Å². The van der Waals surface area contributed by atoms with E-state index in [1.165, 1.54) is 6.42 Å². The van der Waals surface area contributed by atoms with Gasteiger partial charge in [0, 0.05) is 6.54 Å². The zero-order chi connectivity index (χ0) is 13.1. The lowest BCUT2D eigenvalue weighted by molar-refractivity contribution is 0.346. The largest absolute Gasteiger partial charge is 0.311 e. The van der Waals surface area contributed by atoms with Crippen molar-refractivity contribution in [1.82, 2.24) is 20.3 Å². The van der Waals surface area contributed by atoms with Crippen LogP contribution in [0.1, 0.15) is 53.7 Å². The monoisotopic (exact) mass is 238 g/mol. The van der Waals surface area contributed by atoms with E-state index in [-0.39, 0.29) is 5.54 Å². The maximum absolute atomic E-state index is 4.17. The van der Waals surface area contributed by atoms with Gasteiger partial charge in [0.2, 0.25) is 0 Å². The summed E-state index contributed by atoms with van der Waals surface area (Å²) in [5, 5.41) is 11.7. The smallest absolute Gasteiger partial charge is 0.0965 e. The predicted octanol–water partition coefficient (Wildman–Crippen LogP) is 2.56. The summed E-state index contributed by atoms with van der Waals surface area (Å²) in [6, 6.07) is 0. The van der Waals surface area contributed by atoms with Crippen molar-refractivity contribution in [3.05, 3.63) is 11.9 Å². The summed E-state index contributed by atoms with van der Waals surface area (Å²) in [5.41, 5.74) is 1.40. The Labute approximate surface area is 105 Å². The van der Waals surface area contributed by atoms with Crippen LogP contribution in [0, 0.1) is 5.41 Å². The van der Waals surface area contributed by atoms with Crippen LogP contribution in [0.2, 0.25) is 0 Å². The highest BCUT2D eigenvalue weighted by atomic mass is 15.4. The lowest BCUT2D eigenvalue weighted by atomic mass is 9.92. The zero-order valence-corrected chi connectivity index (χ0v) is 12.0. The molecule has 17 heavy (non-hydrogen) atoms. The van der Waals surface area contributed by atoms with Crippen LogP contribution < -0.4 is 5.32 Å². The molecule has 0 radical (unpaired) electrons. The summed E-state index contributed by atoms with van der Waals surface area (Å²) in [7, 11) is 0. The summed E-state index contributed by atoms with van der Waals surface area (Å²) in [4.78, 5) is 0. The van der Waals surface area contributed by atoms with Crippen molar-refractivity contribution in [1.29, 1.82) is 0 Å². The minimum Gasteiger partial charge on any atom is -0.311 e. The Morgan fingerprint density at radius 1 is 1.18 bits per heavy atom. The van der Waals surface area contributed by atoms with Gasteiger partial charge in [-0.05, 0) is 39.2 Å². The molecule has 0 aliphatic heterocycles. The normalized spacial score (nSPS) is 13.1. The fourth-order valence-electron chi connectivity index (χ4n) is 1.39. The molecule has 0 saturated heterocycles. The average molecular weight is 238 g/mol. The molecule has 0 saturated carbocycles. The van der Waals surface area contributed by atoms with E-state index in [9.17, 15) is 0 Å². The molecular formula is C13H26N4. The van der Waals surface area contributed by atoms with E-state index < -0.39 is 0 Å². The highest BCUT2D eigenvalue weighted by molar-refractivity contribution is 4.94. The fraction of sp³-hybridized carbons (Fsp3) is 0.846. The third-order valence-corrected chi connectivity index (χ3v) is 2.59. The summed E-state index contributed by atoms with van der Waals surface area (Å²) in [5.74, 6) is 0. The highest BCUT2D eigenvalue weighted by Crippen LogP contribution is 2.17. The molecule has 0 aliphatic rings. The van der Waals surface area contributed by atoms with E-state index in [1.54, 1.807) is 0 Å². The van der Waals surface area contributed by atoms with E-state index in [2.05, 4.69) is 57.2 Å². The first-order valence-corrected chi connectivity index (χ1v) is 6.31. The first-order valence-electron chi connectivity index (χ1n) is 6.31. The summed E-state index contributed by atoms with van der Waals surface area (Å²) in [6.45, 7) is 15.0. The quantitative estimate of drug-likeness (QED) is 0.820. The second-order valence-corrected chi connectivity index (χ2v) is 6.81. The second-order valence-electron chi connectivity index (χ2n) is 6.81. The Kier molecular flexibility index (Phi) is 4.31. The van der Waals surface area contributed by atoms with Gasteiger partial charge in [-0.3, -0.25) is 0 Å². The van der Waals surface area contributed by atoms with Crippen LogP contribution in [0.25, 0.3) is 0 Å². The minimum absolute atomic E-state index is 0.0106. The van der Waals surface area contributed by atoms with Gasteiger partial charge in [0.05, 0.1) is 17.4 Å². The SMILES string of the molecule is CC(C)(C)CCNCc1cn(C(C)(C)C)nn1. The summed E-state index contributed by atoms with van der Waals surface area (Å²) < 4.78 is 1.91. The molecule has 0 atom stereocenters. The van der Waals surface area contributed by atoms with Crippen molar-refractivity contribution in [2.75, 3.05) is 6.54 Å². The van der Waals surface area contributed by atoms with Crippen LogP contribution in [0.5, 0.6) is 0 Å². The summed E-state index contributed by atoms with van der Waals surface area (Å²) in [6.07, 6.45) is 3.19. The van der Waals surface area contributed by atoms with Gasteiger partial charge in [0.15, 0.2) is 0 Å². The molecule has 0 amide bonds. The molecule has 0 unspecified atom stereocenters. The molecule has 0 aliphatic carbocycles. The molecule has 4 heteroatoms. The van der Waals surface area contributed by atoms with Crippen molar-refractivity contribution < 1.29 is 0 Å². The third-order valence-electron chi connectivity index (χ3n) is 2.59. The summed E-state index contributed by atoms with van der Waals surface area (Å²) >= 11 is 0. The van der Waals surface area contributed by atoms with Gasteiger partial charge in [-0.25, -0.2) is 4.68 Å². The molecule has 0 bridgehead atoms. The van der Waals surface area contributed by atoms with Gasteiger partial charge in [0.1, 0.15) is 0 Å². The van der Waals surface area contributed by atoms with E-state index in [0.29, 0.717) is 5.41 Å². The Bertz CT molecular complexity index is 341. The number of rotatable bonds is 4. The number of nitrogens with one attached hydrogen (secondary N) is 1. The molecule has 0 spiro atoms. The van der Waals surface area contributed by atoms with Crippen LogP contribution in [0.3, 0.4) is 0 Å². The molecule has 98 valence electrons. The topological polar surface area (TPSA) is 42.7 Å². The van der Waals surface area contributed by atoms with Crippen LogP contribution in [0.4, 0.5) is 0 Å². The Hall–Kier alpha value is -0.900. The Morgan fingerprint density at radius 3 is 2.29 bits per heavy atom. The Balaban J connectivity index is 2.36. The van der Waals surface area contributed by atoms with Crippen LogP contribution in [-0.4, -0.2) is 21.5 Å². The van der Waals surface area contributed by atoms with Gasteiger partial charge in [-0.2, -0.15) is 0 Å². The Morgan fingerprint density at radius 2 is 1.82 bits per heavy atom. The van der Waals surface area contributed by atoms with E-state index in [4.69, 9.17) is 0 Å². The van der Waals surface area contributed by atoms with Crippen LogP contribution in [-0.2, 0) is 12.1 Å². The van der Waals surface area contributed by atoms with Gasteiger partial charge in [0.25, 0.3) is 0 Å². The van der Waals surface area contributed by atoms with Crippen molar-refractivity contribution in [3.63, 3.8) is 0 Å². The fourth-order valence-corrected chi connectivity index (χ4v) is 1.39. The minimum atomic E-state index is 0.0106. The van der Waals surface area contributed by atoms with Crippen molar-refractivity contribution >= 4 is 0 Å². The molecule has 1 N–H and O–H groups in total. The first-order chi connectivity index (χ1) is 7.68. The molecule has 1 heterocycles. The second kappa shape index (κ2) is 5.17. The van der Waals surface area contributed by atoms with Gasteiger partial charge >= 0.3 is 0 Å². The molecule has 1 rings (SSSR count). The first kappa shape index (κ1) is 14.2. The lowest BCUT2D eigenvalue weighted by Crippen LogP contribution is -2.22. The van der Waals surface area contributed by atoms with Crippen molar-refractivity contribution in [2.45, 2.75) is 60.0 Å².